The summed E-state index contributed by atoms with van der Waals surface area (Å²) in [5.41, 5.74) is 6.53. The van der Waals surface area contributed by atoms with Gasteiger partial charge in [0.05, 0.1) is 4.88 Å². The van der Waals surface area contributed by atoms with Crippen LogP contribution in [0.15, 0.2) is 36.5 Å². The van der Waals surface area contributed by atoms with Gasteiger partial charge in [0.25, 0.3) is 5.91 Å². The van der Waals surface area contributed by atoms with Gasteiger partial charge in [0, 0.05) is 23.0 Å². The van der Waals surface area contributed by atoms with Crippen LogP contribution in [-0.4, -0.2) is 15.9 Å². The second-order valence-electron chi connectivity index (χ2n) is 4.66. The quantitative estimate of drug-likeness (QED) is 0.778. The molecular weight excluding hydrogens is 284 g/mol. The second kappa shape index (κ2) is 5.49. The number of aryl methyl sites for hydroxylation is 1. The minimum absolute atomic E-state index is 0.115. The number of carbonyl (C=O) groups is 1. The molecule has 21 heavy (non-hydrogen) atoms. The third-order valence-corrected chi connectivity index (χ3v) is 4.22. The summed E-state index contributed by atoms with van der Waals surface area (Å²) in [7, 11) is 0. The Balaban J connectivity index is 1.74. The predicted molar refractivity (Wildman–Crippen MR) is 84.2 cm³/mol. The number of nitrogens with zero attached hydrogens (tertiary/aromatic N) is 2. The largest absolute Gasteiger partial charge is 0.383 e. The third-order valence-electron chi connectivity index (χ3n) is 3.11. The molecule has 0 saturated carbocycles. The minimum Gasteiger partial charge on any atom is -0.383 e. The molecule has 0 fully saturated rings. The van der Waals surface area contributed by atoms with Crippen LogP contribution in [0.1, 0.15) is 21.1 Å². The van der Waals surface area contributed by atoms with E-state index in [0.717, 1.165) is 15.6 Å². The number of rotatable bonds is 3. The van der Waals surface area contributed by atoms with Gasteiger partial charge < -0.3 is 11.1 Å². The summed E-state index contributed by atoms with van der Waals surface area (Å²) in [5.74, 6) is 0.905. The van der Waals surface area contributed by atoms with E-state index >= 15 is 0 Å². The Labute approximate surface area is 125 Å². The molecule has 0 bridgehead atoms. The van der Waals surface area contributed by atoms with Gasteiger partial charge in [-0.2, -0.15) is 0 Å². The fourth-order valence-electron chi connectivity index (χ4n) is 2.01. The molecule has 106 valence electrons. The van der Waals surface area contributed by atoms with E-state index in [4.69, 9.17) is 5.73 Å². The van der Waals surface area contributed by atoms with Gasteiger partial charge in [-0.15, -0.1) is 11.3 Å². The number of hydrogen-bond acceptors (Lipinski definition) is 5. The first kappa shape index (κ1) is 13.5. The molecule has 2 aromatic heterocycles. The highest BCUT2D eigenvalue weighted by molar-refractivity contribution is 7.20. The maximum Gasteiger partial charge on any atom is 0.261 e. The van der Waals surface area contributed by atoms with E-state index in [1.165, 1.54) is 11.3 Å². The van der Waals surface area contributed by atoms with Crippen LogP contribution in [0.3, 0.4) is 0 Å². The van der Waals surface area contributed by atoms with Gasteiger partial charge >= 0.3 is 0 Å². The highest BCUT2D eigenvalue weighted by Gasteiger charge is 2.11. The first-order chi connectivity index (χ1) is 10.1. The topological polar surface area (TPSA) is 80.9 Å². The lowest BCUT2D eigenvalue weighted by atomic mass is 10.2. The monoisotopic (exact) mass is 298 g/mol. The Kier molecular flexibility index (Phi) is 3.53. The van der Waals surface area contributed by atoms with Gasteiger partial charge in [-0.05, 0) is 24.4 Å². The van der Waals surface area contributed by atoms with Crippen molar-refractivity contribution in [2.75, 3.05) is 5.73 Å². The Hall–Kier alpha value is -2.47. The molecule has 3 N–H and O–H groups in total. The van der Waals surface area contributed by atoms with E-state index in [1.54, 1.807) is 13.1 Å². The van der Waals surface area contributed by atoms with Gasteiger partial charge in [-0.25, -0.2) is 9.97 Å². The molecule has 1 aromatic carbocycles. The number of fused-ring (bicyclic) bond motifs is 1. The molecule has 3 aromatic rings. The van der Waals surface area contributed by atoms with Gasteiger partial charge in [0.1, 0.15) is 11.6 Å². The predicted octanol–water partition coefficient (Wildman–Crippen LogP) is 2.51. The molecule has 6 heteroatoms. The molecule has 2 heterocycles. The molecule has 0 unspecified atom stereocenters. The van der Waals surface area contributed by atoms with Crippen LogP contribution in [0, 0.1) is 6.92 Å². The lowest BCUT2D eigenvalue weighted by Gasteiger charge is -2.06. The Morgan fingerprint density at radius 3 is 2.95 bits per heavy atom. The lowest BCUT2D eigenvalue weighted by Crippen LogP contribution is -2.22. The van der Waals surface area contributed by atoms with Crippen molar-refractivity contribution in [3.63, 3.8) is 0 Å². The summed E-state index contributed by atoms with van der Waals surface area (Å²) in [6.07, 6.45) is 1.64. The van der Waals surface area contributed by atoms with Crippen molar-refractivity contribution in [3.05, 3.63) is 52.8 Å². The first-order valence-corrected chi connectivity index (χ1v) is 7.30. The Morgan fingerprint density at radius 1 is 1.38 bits per heavy atom. The van der Waals surface area contributed by atoms with Crippen LogP contribution < -0.4 is 11.1 Å². The zero-order valence-electron chi connectivity index (χ0n) is 11.5. The number of nitrogens with one attached hydrogen (secondary N) is 1. The average molecular weight is 298 g/mol. The molecule has 5 nitrogen and oxygen atoms in total. The minimum atomic E-state index is -0.115. The van der Waals surface area contributed by atoms with E-state index in [9.17, 15) is 4.79 Å². The van der Waals surface area contributed by atoms with Crippen molar-refractivity contribution in [2.45, 2.75) is 13.5 Å². The van der Waals surface area contributed by atoms with Gasteiger partial charge in [0.15, 0.2) is 0 Å². The van der Waals surface area contributed by atoms with Crippen molar-refractivity contribution in [2.24, 2.45) is 0 Å². The fourth-order valence-corrected chi connectivity index (χ4v) is 2.98. The van der Waals surface area contributed by atoms with Crippen LogP contribution in [-0.2, 0) is 6.54 Å². The molecule has 0 aliphatic carbocycles. The highest BCUT2D eigenvalue weighted by atomic mass is 32.1. The van der Waals surface area contributed by atoms with Gasteiger partial charge in [0.2, 0.25) is 0 Å². The molecule has 0 spiro atoms. The van der Waals surface area contributed by atoms with Crippen LogP contribution in [0.2, 0.25) is 0 Å². The summed E-state index contributed by atoms with van der Waals surface area (Å²) in [4.78, 5) is 21.0. The molecule has 0 aliphatic rings. The molecule has 0 atom stereocenters. The van der Waals surface area contributed by atoms with Gasteiger partial charge in [-0.1, -0.05) is 18.2 Å². The number of thiophene rings is 1. The Bertz CT molecular complexity index is 779. The van der Waals surface area contributed by atoms with E-state index in [0.29, 0.717) is 23.1 Å². The summed E-state index contributed by atoms with van der Waals surface area (Å²) in [5, 5.41) is 3.92. The molecule has 0 radical (unpaired) electrons. The zero-order valence-corrected chi connectivity index (χ0v) is 12.3. The SMILES string of the molecule is Cc1ncc(CNC(=O)c2cc3ccccc3s2)c(N)n1. The van der Waals surface area contributed by atoms with Crippen molar-refractivity contribution in [1.29, 1.82) is 0 Å². The molecular formula is C15H14N4OS. The maximum absolute atomic E-state index is 12.2. The van der Waals surface area contributed by atoms with Crippen molar-refractivity contribution in [1.82, 2.24) is 15.3 Å². The van der Waals surface area contributed by atoms with E-state index < -0.39 is 0 Å². The standard InChI is InChI=1S/C15H14N4OS/c1-9-17-7-11(14(16)19-9)8-18-15(20)13-6-10-4-2-3-5-12(10)21-13/h2-7H,8H2,1H3,(H,18,20)(H2,16,17,19). The molecule has 1 amide bonds. The van der Waals surface area contributed by atoms with Gasteiger partial charge in [-0.3, -0.25) is 4.79 Å². The normalized spacial score (nSPS) is 10.7. The fraction of sp³-hybridized carbons (Fsp3) is 0.133. The second-order valence-corrected chi connectivity index (χ2v) is 5.74. The average Bonchev–Trinajstić information content (AvgIpc) is 2.90. The number of anilines is 1. The number of nitrogens with two attached hydrogens (primary N) is 1. The van der Waals surface area contributed by atoms with E-state index in [2.05, 4.69) is 15.3 Å². The van der Waals surface area contributed by atoms with Crippen molar-refractivity contribution in [3.8, 4) is 0 Å². The Morgan fingerprint density at radius 2 is 2.19 bits per heavy atom. The maximum atomic E-state index is 12.2. The molecule has 0 aliphatic heterocycles. The number of aromatic nitrogens is 2. The van der Waals surface area contributed by atoms with E-state index in [-0.39, 0.29) is 5.91 Å². The summed E-state index contributed by atoms with van der Waals surface area (Å²) in [6.45, 7) is 2.09. The number of hydrogen-bond donors (Lipinski definition) is 2. The van der Waals surface area contributed by atoms with Crippen molar-refractivity contribution >= 4 is 33.1 Å². The molecule has 3 rings (SSSR count). The summed E-state index contributed by atoms with van der Waals surface area (Å²) < 4.78 is 1.10. The van der Waals surface area contributed by atoms with Crippen LogP contribution in [0.5, 0.6) is 0 Å². The van der Waals surface area contributed by atoms with Crippen LogP contribution in [0.4, 0.5) is 5.82 Å². The van der Waals surface area contributed by atoms with E-state index in [1.807, 2.05) is 30.3 Å². The summed E-state index contributed by atoms with van der Waals surface area (Å²) in [6, 6.07) is 9.81. The lowest BCUT2D eigenvalue weighted by molar-refractivity contribution is 0.0955. The highest BCUT2D eigenvalue weighted by Crippen LogP contribution is 2.25. The number of carbonyl (C=O) groups excluding carboxylic acids is 1. The number of benzene rings is 1. The van der Waals surface area contributed by atoms with Crippen LogP contribution in [0.25, 0.3) is 10.1 Å². The number of nitrogen functional groups attached to an aromatic ring is 1. The van der Waals surface area contributed by atoms with Crippen LogP contribution >= 0.6 is 11.3 Å². The smallest absolute Gasteiger partial charge is 0.261 e. The van der Waals surface area contributed by atoms with Crippen molar-refractivity contribution < 1.29 is 4.79 Å². The first-order valence-electron chi connectivity index (χ1n) is 6.48. The third kappa shape index (κ3) is 2.85. The summed E-state index contributed by atoms with van der Waals surface area (Å²) >= 11 is 1.47. The molecule has 0 saturated heterocycles. The number of amides is 1. The zero-order chi connectivity index (χ0) is 14.8.